The van der Waals surface area contributed by atoms with Crippen LogP contribution in [0.2, 0.25) is 0 Å². The van der Waals surface area contributed by atoms with E-state index in [1.54, 1.807) is 12.1 Å². The van der Waals surface area contributed by atoms with Gasteiger partial charge in [0.05, 0.1) is 11.4 Å². The molecule has 0 saturated heterocycles. The smallest absolute Gasteiger partial charge is 0.244 e. The molecular formula is C22H23NO4S. The number of sulfonamides is 1. The second-order valence-corrected chi connectivity index (χ2v) is 8.08. The maximum atomic E-state index is 12.9. The van der Waals surface area contributed by atoms with Crippen LogP contribution in [-0.2, 0) is 21.4 Å². The van der Waals surface area contributed by atoms with Crippen LogP contribution in [0.3, 0.4) is 0 Å². The second-order valence-electron chi connectivity index (χ2n) is 6.15. The summed E-state index contributed by atoms with van der Waals surface area (Å²) in [4.78, 5) is 0.106. The molecule has 0 fully saturated rings. The van der Waals surface area contributed by atoms with Crippen LogP contribution in [0.4, 0.5) is 0 Å². The molecule has 0 aromatic heterocycles. The minimum Gasteiger partial charge on any atom is -0.482 e. The quantitative estimate of drug-likeness (QED) is 0.401. The zero-order valence-electron chi connectivity index (χ0n) is 15.7. The SMILES string of the molecule is C#CCN(CC(O)C(=C=C)OCc1ccccc1)S(=O)(=O)c1ccc(C)cc1. The molecule has 0 bridgehead atoms. The van der Waals surface area contributed by atoms with E-state index < -0.39 is 16.1 Å². The van der Waals surface area contributed by atoms with Gasteiger partial charge in [-0.05, 0) is 24.6 Å². The summed E-state index contributed by atoms with van der Waals surface area (Å²) in [7, 11) is -3.87. The Balaban J connectivity index is 2.14. The highest BCUT2D eigenvalue weighted by molar-refractivity contribution is 7.89. The maximum Gasteiger partial charge on any atom is 0.244 e. The third kappa shape index (κ3) is 5.59. The van der Waals surface area contributed by atoms with Crippen LogP contribution in [0.15, 0.2) is 77.6 Å². The Hall–Kier alpha value is -2.81. The van der Waals surface area contributed by atoms with E-state index in [9.17, 15) is 13.5 Å². The molecule has 1 atom stereocenters. The number of rotatable bonds is 9. The Kier molecular flexibility index (Phi) is 7.62. The lowest BCUT2D eigenvalue weighted by Crippen LogP contribution is -2.38. The molecule has 2 rings (SSSR count). The van der Waals surface area contributed by atoms with Crippen LogP contribution in [-0.4, -0.2) is 37.0 Å². The van der Waals surface area contributed by atoms with Crippen LogP contribution in [0, 0.1) is 19.3 Å². The Bertz CT molecular complexity index is 969. The van der Waals surface area contributed by atoms with Crippen molar-refractivity contribution in [2.75, 3.05) is 13.1 Å². The van der Waals surface area contributed by atoms with Gasteiger partial charge in [-0.15, -0.1) is 6.42 Å². The Morgan fingerprint density at radius 3 is 2.43 bits per heavy atom. The first kappa shape index (κ1) is 21.5. The van der Waals surface area contributed by atoms with Gasteiger partial charge in [0, 0.05) is 6.54 Å². The monoisotopic (exact) mass is 397 g/mol. The van der Waals surface area contributed by atoms with Crippen molar-refractivity contribution in [3.05, 3.63) is 83.8 Å². The fourth-order valence-electron chi connectivity index (χ4n) is 2.48. The van der Waals surface area contributed by atoms with Crippen molar-refractivity contribution in [2.45, 2.75) is 24.5 Å². The molecule has 0 radical (unpaired) electrons. The average Bonchev–Trinajstić information content (AvgIpc) is 2.69. The summed E-state index contributed by atoms with van der Waals surface area (Å²) >= 11 is 0. The van der Waals surface area contributed by atoms with Gasteiger partial charge in [-0.25, -0.2) is 8.42 Å². The van der Waals surface area contributed by atoms with Crippen molar-refractivity contribution in [1.82, 2.24) is 4.31 Å². The minimum atomic E-state index is -3.87. The molecule has 2 aromatic rings. The molecule has 0 aliphatic carbocycles. The fraction of sp³-hybridized carbons (Fsp3) is 0.227. The lowest BCUT2D eigenvalue weighted by molar-refractivity contribution is 0.0841. The predicted molar refractivity (Wildman–Crippen MR) is 109 cm³/mol. The summed E-state index contributed by atoms with van der Waals surface area (Å²) in [5.74, 6) is 2.38. The van der Waals surface area contributed by atoms with Crippen molar-refractivity contribution < 1.29 is 18.3 Å². The number of aryl methyl sites for hydroxylation is 1. The fourth-order valence-corrected chi connectivity index (χ4v) is 3.85. The first-order chi connectivity index (χ1) is 13.4. The molecule has 146 valence electrons. The second kappa shape index (κ2) is 9.93. The van der Waals surface area contributed by atoms with Gasteiger partial charge in [-0.1, -0.05) is 66.3 Å². The first-order valence-electron chi connectivity index (χ1n) is 8.63. The molecule has 0 spiro atoms. The lowest BCUT2D eigenvalue weighted by atomic mass is 10.2. The Morgan fingerprint density at radius 1 is 1.21 bits per heavy atom. The third-order valence-electron chi connectivity index (χ3n) is 4.02. The van der Waals surface area contributed by atoms with Crippen LogP contribution in [0.5, 0.6) is 0 Å². The maximum absolute atomic E-state index is 12.9. The lowest BCUT2D eigenvalue weighted by Gasteiger charge is -2.23. The number of hydrogen-bond acceptors (Lipinski definition) is 4. The van der Waals surface area contributed by atoms with Crippen LogP contribution in [0.1, 0.15) is 11.1 Å². The average molecular weight is 397 g/mol. The molecule has 0 saturated carbocycles. The van der Waals surface area contributed by atoms with Gasteiger partial charge in [-0.3, -0.25) is 0 Å². The van der Waals surface area contributed by atoms with Gasteiger partial charge < -0.3 is 9.84 Å². The largest absolute Gasteiger partial charge is 0.482 e. The van der Waals surface area contributed by atoms with Gasteiger partial charge in [0.2, 0.25) is 10.0 Å². The molecule has 6 heteroatoms. The van der Waals surface area contributed by atoms with Crippen molar-refractivity contribution in [1.29, 1.82) is 0 Å². The van der Waals surface area contributed by atoms with Gasteiger partial charge in [0.25, 0.3) is 0 Å². The van der Waals surface area contributed by atoms with E-state index in [-0.39, 0.29) is 30.4 Å². The molecule has 1 unspecified atom stereocenters. The molecule has 5 nitrogen and oxygen atoms in total. The van der Waals surface area contributed by atoms with Crippen LogP contribution >= 0.6 is 0 Å². The third-order valence-corrected chi connectivity index (χ3v) is 5.84. The number of benzene rings is 2. The molecule has 2 aromatic carbocycles. The number of nitrogens with zero attached hydrogens (tertiary/aromatic N) is 1. The molecule has 0 heterocycles. The van der Waals surface area contributed by atoms with Gasteiger partial charge in [0.1, 0.15) is 12.7 Å². The number of terminal acetylenes is 1. The Labute approximate surface area is 166 Å². The highest BCUT2D eigenvalue weighted by Crippen LogP contribution is 2.18. The van der Waals surface area contributed by atoms with Crippen molar-refractivity contribution in [2.24, 2.45) is 0 Å². The summed E-state index contributed by atoms with van der Waals surface area (Å²) in [5, 5.41) is 10.5. The van der Waals surface area contributed by atoms with E-state index in [0.717, 1.165) is 15.4 Å². The Morgan fingerprint density at radius 2 is 1.86 bits per heavy atom. The summed E-state index contributed by atoms with van der Waals surface area (Å²) < 4.78 is 32.4. The van der Waals surface area contributed by atoms with E-state index in [0.29, 0.717) is 0 Å². The number of ether oxygens (including phenoxy) is 1. The van der Waals surface area contributed by atoms with E-state index in [2.05, 4.69) is 18.2 Å². The van der Waals surface area contributed by atoms with Crippen LogP contribution in [0.25, 0.3) is 0 Å². The summed E-state index contributed by atoms with van der Waals surface area (Å²) in [6.07, 6.45) is 4.09. The first-order valence-corrected chi connectivity index (χ1v) is 10.1. The number of aliphatic hydroxyl groups is 1. The highest BCUT2D eigenvalue weighted by Gasteiger charge is 2.28. The number of hydrogen-bond donors (Lipinski definition) is 1. The summed E-state index contributed by atoms with van der Waals surface area (Å²) in [6.45, 7) is 5.14. The topological polar surface area (TPSA) is 66.8 Å². The van der Waals surface area contributed by atoms with Crippen LogP contribution < -0.4 is 0 Å². The van der Waals surface area contributed by atoms with E-state index in [1.807, 2.05) is 37.3 Å². The normalized spacial score (nSPS) is 12.1. The summed E-state index contributed by atoms with van der Waals surface area (Å²) in [6, 6.07) is 15.8. The van der Waals surface area contributed by atoms with E-state index in [4.69, 9.17) is 11.2 Å². The van der Waals surface area contributed by atoms with E-state index >= 15 is 0 Å². The van der Waals surface area contributed by atoms with Gasteiger partial charge in [0.15, 0.2) is 5.76 Å². The van der Waals surface area contributed by atoms with E-state index in [1.165, 1.54) is 12.1 Å². The zero-order valence-corrected chi connectivity index (χ0v) is 16.5. The molecular weight excluding hydrogens is 374 g/mol. The molecule has 28 heavy (non-hydrogen) atoms. The van der Waals surface area contributed by atoms with Gasteiger partial charge in [-0.2, -0.15) is 4.31 Å². The molecule has 0 aliphatic heterocycles. The zero-order chi connectivity index (χ0) is 20.6. The van der Waals surface area contributed by atoms with Crippen molar-refractivity contribution >= 4 is 10.0 Å². The minimum absolute atomic E-state index is 0.0602. The molecule has 0 aliphatic rings. The standard InChI is InChI=1S/C22H23NO4S/c1-4-15-23(28(25,26)20-13-11-18(3)12-14-20)16-21(24)22(5-2)27-17-19-9-7-6-8-10-19/h1,6-14,21,24H,2,15-17H2,3H3. The summed E-state index contributed by atoms with van der Waals surface area (Å²) in [5.41, 5.74) is 4.38. The van der Waals surface area contributed by atoms with Crippen molar-refractivity contribution in [3.8, 4) is 12.3 Å². The predicted octanol–water partition coefficient (Wildman–Crippen LogP) is 2.87. The highest BCUT2D eigenvalue weighted by atomic mass is 32.2. The molecule has 1 N–H and O–H groups in total. The van der Waals surface area contributed by atoms with Crippen molar-refractivity contribution in [3.63, 3.8) is 0 Å². The molecule has 0 amide bonds. The number of aliphatic hydroxyl groups excluding tert-OH is 1. The van der Waals surface area contributed by atoms with Gasteiger partial charge >= 0.3 is 0 Å².